The van der Waals surface area contributed by atoms with Gasteiger partial charge in [-0.05, 0) is 168 Å². The number of halogens is 1. The van der Waals surface area contributed by atoms with Crippen molar-refractivity contribution in [3.63, 3.8) is 0 Å². The van der Waals surface area contributed by atoms with Crippen LogP contribution in [0.25, 0.3) is 0 Å². The van der Waals surface area contributed by atoms with Crippen LogP contribution in [-0.2, 0) is 92.5 Å². The standard InChI is InChI=1S/C24H34N2O5S.C23H32N2O5S.C22H30N2O5S.HI/c1-17(27)12-18-8-7-9-19(13-18)15-24(2,3)25-16-23(31-5)20-10-11-22(30-4)21(14-20)26-32(6,28)29;1-16(26)11-17-7-6-8-18(12-17)14-23(2,3)24-15-22(30-4)19-9-10-21(27)20(13-19)25-31(5,28)29;1-15(25)10-16-6-5-7-17(11-16)13-22(2,3)23-14-21(27)18-8-9-20(26)19(12-18)24-30(4,28)29;/h7-11,13-14,23,25-26H,12,15-16H2,1-6H3;6-10,12-13,22,24-25,27H,11,14-15H2,1-5H3;5-9,11-12,21,23-24,26-27H,10,13-14H2,1-4H3;1H. The predicted octanol–water partition coefficient (Wildman–Crippen LogP) is 9.85. The second-order valence-corrected chi connectivity index (χ2v) is 30.8. The highest BCUT2D eigenvalue weighted by atomic mass is 127. The van der Waals surface area contributed by atoms with Crippen molar-refractivity contribution >= 4 is 88.5 Å². The van der Waals surface area contributed by atoms with Gasteiger partial charge in [-0.15, -0.1) is 24.0 Å². The zero-order valence-corrected chi connectivity index (χ0v) is 61.4. The molecule has 0 aromatic heterocycles. The number of carbonyl (C=O) groups is 3. The molecule has 0 aliphatic carbocycles. The lowest BCUT2D eigenvalue weighted by Crippen LogP contribution is -2.43. The highest BCUT2D eigenvalue weighted by Crippen LogP contribution is 2.33. The van der Waals surface area contributed by atoms with E-state index >= 15 is 0 Å². The van der Waals surface area contributed by atoms with Crippen molar-refractivity contribution in [2.24, 2.45) is 0 Å². The van der Waals surface area contributed by atoms with Crippen LogP contribution in [0.2, 0.25) is 0 Å². The first-order valence-electron chi connectivity index (χ1n) is 30.1. The zero-order valence-electron chi connectivity index (χ0n) is 56.6. The SMILES string of the molecule is CC(=O)Cc1cccc(CC(C)(C)NCC(O)c2ccc(O)c(NS(C)(=O)=O)c2)c1.COC(CNC(C)(C)Cc1cccc(CC(C)=O)c1)c1ccc(O)c(NS(C)(=O)=O)c1.COc1ccc(C(CNC(C)(C)Cc2cccc(CC(C)=O)c2)OC)cc1NS(C)(=O)=O.I. The first-order valence-corrected chi connectivity index (χ1v) is 35.8. The highest BCUT2D eigenvalue weighted by Gasteiger charge is 2.26. The summed E-state index contributed by atoms with van der Waals surface area (Å²) < 4.78 is 92.9. The number of nitrogens with one attached hydrogen (secondary N) is 6. The van der Waals surface area contributed by atoms with Crippen LogP contribution in [-0.4, -0.2) is 134 Å². The smallest absolute Gasteiger partial charge is 0.229 e. The molecular formula is C69H97IN6O15S3. The Hall–Kier alpha value is -6.53. The molecule has 0 fully saturated rings. The number of methoxy groups -OCH3 is 3. The number of aromatic hydroxyl groups is 2. The number of Topliss-reactive ketones (excluding diaryl/α,β-unsaturated/α-hetero) is 3. The topological polar surface area (TPSA) is 314 Å². The van der Waals surface area contributed by atoms with Gasteiger partial charge in [0.1, 0.15) is 34.6 Å². The molecule has 6 rings (SSSR count). The Kier molecular flexibility index (Phi) is 31.8. The first-order chi connectivity index (χ1) is 43.1. The molecule has 0 spiro atoms. The Morgan fingerprint density at radius 2 is 0.734 bits per heavy atom. The summed E-state index contributed by atoms with van der Waals surface area (Å²) in [5.41, 5.74) is 8.11. The summed E-state index contributed by atoms with van der Waals surface area (Å²) in [4.78, 5) is 34.2. The van der Waals surface area contributed by atoms with Gasteiger partial charge in [0.15, 0.2) is 0 Å². The second-order valence-electron chi connectivity index (χ2n) is 25.5. The molecule has 21 nitrogen and oxygen atoms in total. The average Bonchev–Trinajstić information content (AvgIpc) is 0.868. The Morgan fingerprint density at radius 1 is 0.436 bits per heavy atom. The Labute approximate surface area is 574 Å². The number of carbonyl (C=O) groups excluding carboxylic acids is 3. The van der Waals surface area contributed by atoms with Crippen LogP contribution in [0.5, 0.6) is 17.2 Å². The van der Waals surface area contributed by atoms with Gasteiger partial charge in [-0.25, -0.2) is 25.3 Å². The minimum absolute atomic E-state index is 0. The van der Waals surface area contributed by atoms with Crippen molar-refractivity contribution in [2.75, 3.05) is 73.9 Å². The Balaban J connectivity index is 0.000000366. The van der Waals surface area contributed by atoms with E-state index in [2.05, 4.69) is 76.0 Å². The summed E-state index contributed by atoms with van der Waals surface area (Å²) in [5, 5.41) is 40.7. The summed E-state index contributed by atoms with van der Waals surface area (Å²) >= 11 is 0. The maximum absolute atomic E-state index is 11.7. The van der Waals surface area contributed by atoms with Gasteiger partial charge in [0.2, 0.25) is 30.1 Å². The van der Waals surface area contributed by atoms with Gasteiger partial charge >= 0.3 is 0 Å². The van der Waals surface area contributed by atoms with Crippen molar-refractivity contribution in [3.8, 4) is 17.2 Å². The number of phenols is 2. The maximum Gasteiger partial charge on any atom is 0.229 e. The van der Waals surface area contributed by atoms with E-state index in [1.807, 2.05) is 74.5 Å². The van der Waals surface area contributed by atoms with Gasteiger partial charge in [-0.3, -0.25) is 28.5 Å². The largest absolute Gasteiger partial charge is 0.506 e. The van der Waals surface area contributed by atoms with Crippen molar-refractivity contribution in [3.05, 3.63) is 177 Å². The number of ketones is 3. The van der Waals surface area contributed by atoms with E-state index in [1.165, 1.54) is 25.3 Å². The lowest BCUT2D eigenvalue weighted by atomic mass is 9.93. The van der Waals surface area contributed by atoms with Gasteiger partial charge in [-0.1, -0.05) is 91.0 Å². The number of aliphatic hydroxyl groups is 1. The molecule has 0 bridgehead atoms. The fourth-order valence-corrected chi connectivity index (χ4v) is 12.0. The third kappa shape index (κ3) is 30.9. The molecule has 6 aromatic carbocycles. The lowest BCUT2D eigenvalue weighted by molar-refractivity contribution is -0.117. The summed E-state index contributed by atoms with van der Waals surface area (Å²) in [6, 6.07) is 38.4. The number of rotatable bonds is 33. The number of β-amino-alcohol motifs (C(OH)–C–C–N with tert-alkyl or cyclic N) is 1. The fraction of sp³-hybridized carbons (Fsp3) is 0.435. The minimum atomic E-state index is -3.55. The van der Waals surface area contributed by atoms with Gasteiger partial charge < -0.3 is 45.5 Å². The number of hydrogen-bond acceptors (Lipinski definition) is 18. The number of sulfonamides is 3. The van der Waals surface area contributed by atoms with Gasteiger partial charge in [0.25, 0.3) is 0 Å². The van der Waals surface area contributed by atoms with E-state index in [1.54, 1.807) is 65.3 Å². The van der Waals surface area contributed by atoms with Crippen LogP contribution in [0.4, 0.5) is 17.1 Å². The van der Waals surface area contributed by atoms with Crippen LogP contribution in [0.1, 0.15) is 131 Å². The molecule has 0 saturated heterocycles. The molecule has 9 N–H and O–H groups in total. The quantitative estimate of drug-likeness (QED) is 0.0137. The van der Waals surface area contributed by atoms with Crippen molar-refractivity contribution in [1.29, 1.82) is 0 Å². The van der Waals surface area contributed by atoms with E-state index in [0.29, 0.717) is 55.8 Å². The number of aliphatic hydroxyl groups excluding tert-OH is 1. The first kappa shape index (κ1) is 81.7. The lowest BCUT2D eigenvalue weighted by Gasteiger charge is -2.29. The van der Waals surface area contributed by atoms with Crippen LogP contribution in [0, 0.1) is 0 Å². The number of phenolic OH excluding ortho intramolecular Hbond substituents is 2. The molecule has 518 valence electrons. The van der Waals surface area contributed by atoms with Gasteiger partial charge in [0.05, 0.1) is 61.3 Å². The second kappa shape index (κ2) is 36.5. The van der Waals surface area contributed by atoms with E-state index < -0.39 is 36.2 Å². The third-order valence-electron chi connectivity index (χ3n) is 14.4. The molecule has 94 heavy (non-hydrogen) atoms. The molecule has 0 heterocycles. The number of benzene rings is 6. The zero-order chi connectivity index (χ0) is 69.7. The van der Waals surface area contributed by atoms with E-state index in [4.69, 9.17) is 14.2 Å². The Bertz CT molecular complexity index is 3850. The van der Waals surface area contributed by atoms with E-state index in [0.717, 1.165) is 76.1 Å². The van der Waals surface area contributed by atoms with E-state index in [9.17, 15) is 55.0 Å². The van der Waals surface area contributed by atoms with E-state index in [-0.39, 0.29) is 99.6 Å². The van der Waals surface area contributed by atoms with Crippen LogP contribution in [0.15, 0.2) is 127 Å². The third-order valence-corrected chi connectivity index (χ3v) is 16.2. The average molecular weight is 1470 g/mol. The fourth-order valence-electron chi connectivity index (χ4n) is 10.3. The Morgan fingerprint density at radius 3 is 1.06 bits per heavy atom. The number of hydrogen-bond donors (Lipinski definition) is 9. The molecule has 0 saturated carbocycles. The van der Waals surface area contributed by atoms with Gasteiger partial charge in [-0.2, -0.15) is 0 Å². The monoisotopic (exact) mass is 1470 g/mol. The molecular weight excluding hydrogens is 1380 g/mol. The molecule has 0 aliphatic heterocycles. The molecule has 25 heteroatoms. The van der Waals surface area contributed by atoms with Crippen LogP contribution < -0.4 is 34.9 Å². The molecule has 6 aromatic rings. The normalized spacial score (nSPS) is 12.9. The van der Waals surface area contributed by atoms with Crippen LogP contribution in [0.3, 0.4) is 0 Å². The van der Waals surface area contributed by atoms with Crippen molar-refractivity contribution in [1.82, 2.24) is 16.0 Å². The molecule has 0 radical (unpaired) electrons. The predicted molar refractivity (Wildman–Crippen MR) is 384 cm³/mol. The minimum Gasteiger partial charge on any atom is -0.506 e. The molecule has 0 aliphatic rings. The molecule has 3 unspecified atom stereocenters. The van der Waals surface area contributed by atoms with Crippen LogP contribution >= 0.6 is 24.0 Å². The molecule has 3 atom stereocenters. The number of ether oxygens (including phenoxy) is 3. The summed E-state index contributed by atoms with van der Waals surface area (Å²) in [6.45, 7) is 18.4. The summed E-state index contributed by atoms with van der Waals surface area (Å²) in [5.74, 6) is 0.472. The van der Waals surface area contributed by atoms with Crippen molar-refractivity contribution in [2.45, 2.75) is 136 Å². The van der Waals surface area contributed by atoms with Crippen molar-refractivity contribution < 1.29 is 69.2 Å². The molecule has 0 amide bonds. The van der Waals surface area contributed by atoms with Gasteiger partial charge in [0, 0.05) is 69.7 Å². The number of anilines is 3. The summed E-state index contributed by atoms with van der Waals surface area (Å²) in [7, 11) is -5.82. The maximum atomic E-state index is 11.7. The summed E-state index contributed by atoms with van der Waals surface area (Å²) in [6.07, 6.45) is 5.10. The highest BCUT2D eigenvalue weighted by molar-refractivity contribution is 14.0.